The molecule has 0 amide bonds. The third kappa shape index (κ3) is 4.15. The van der Waals surface area contributed by atoms with Gasteiger partial charge in [0.1, 0.15) is 6.29 Å². The molecule has 1 aromatic rings. The summed E-state index contributed by atoms with van der Waals surface area (Å²) < 4.78 is 5.36. The van der Waals surface area contributed by atoms with Crippen molar-refractivity contribution < 1.29 is 9.53 Å². The lowest BCUT2D eigenvalue weighted by atomic mass is 9.81. The van der Waals surface area contributed by atoms with Crippen LogP contribution in [0.1, 0.15) is 18.4 Å². The van der Waals surface area contributed by atoms with E-state index in [4.69, 9.17) is 4.74 Å². The van der Waals surface area contributed by atoms with Crippen LogP contribution in [0.15, 0.2) is 30.3 Å². The highest BCUT2D eigenvalue weighted by atomic mass is 16.5. The molecule has 0 spiro atoms. The second-order valence-electron chi connectivity index (χ2n) is 5.57. The molecule has 1 aliphatic rings. The van der Waals surface area contributed by atoms with E-state index >= 15 is 0 Å². The van der Waals surface area contributed by atoms with E-state index in [2.05, 4.69) is 36.2 Å². The van der Waals surface area contributed by atoms with Crippen LogP contribution < -0.4 is 0 Å². The van der Waals surface area contributed by atoms with E-state index in [0.29, 0.717) is 13.2 Å². The van der Waals surface area contributed by atoms with Crippen molar-refractivity contribution in [2.45, 2.75) is 19.3 Å². The van der Waals surface area contributed by atoms with Crippen LogP contribution >= 0.6 is 0 Å². The molecule has 0 aliphatic carbocycles. The Morgan fingerprint density at radius 1 is 1.26 bits per heavy atom. The summed E-state index contributed by atoms with van der Waals surface area (Å²) in [5.41, 5.74) is 1.16. The van der Waals surface area contributed by atoms with Gasteiger partial charge in [-0.05, 0) is 31.9 Å². The van der Waals surface area contributed by atoms with Crippen molar-refractivity contribution >= 4 is 6.29 Å². The molecular weight excluding hydrogens is 238 g/mol. The van der Waals surface area contributed by atoms with E-state index in [9.17, 15) is 4.79 Å². The number of nitrogens with zero attached hydrogens (tertiary/aromatic N) is 1. The fourth-order valence-corrected chi connectivity index (χ4v) is 2.67. The number of hydrogen-bond acceptors (Lipinski definition) is 3. The maximum absolute atomic E-state index is 11.4. The third-order valence-corrected chi connectivity index (χ3v) is 3.95. The highest BCUT2D eigenvalue weighted by molar-refractivity contribution is 5.60. The van der Waals surface area contributed by atoms with Crippen molar-refractivity contribution in [3.63, 3.8) is 0 Å². The zero-order valence-corrected chi connectivity index (χ0v) is 11.7. The van der Waals surface area contributed by atoms with Crippen LogP contribution in [0.2, 0.25) is 0 Å². The smallest absolute Gasteiger partial charge is 0.127 e. The van der Waals surface area contributed by atoms with Gasteiger partial charge >= 0.3 is 0 Å². The normalized spacial score (nSPS) is 18.4. The van der Waals surface area contributed by atoms with Crippen LogP contribution in [0.4, 0.5) is 0 Å². The van der Waals surface area contributed by atoms with Gasteiger partial charge in [0.2, 0.25) is 0 Å². The summed E-state index contributed by atoms with van der Waals surface area (Å²) in [6.07, 6.45) is 3.88. The van der Waals surface area contributed by atoms with Gasteiger partial charge in [-0.25, -0.2) is 0 Å². The first-order valence-corrected chi connectivity index (χ1v) is 7.01. The van der Waals surface area contributed by atoms with E-state index in [1.165, 1.54) is 5.56 Å². The fraction of sp³-hybridized carbons (Fsp3) is 0.562. The molecule has 1 fully saturated rings. The monoisotopic (exact) mass is 261 g/mol. The number of ether oxygens (including phenoxy) is 1. The summed E-state index contributed by atoms with van der Waals surface area (Å²) in [6.45, 7) is 3.25. The van der Waals surface area contributed by atoms with Crippen molar-refractivity contribution in [2.75, 3.05) is 33.4 Å². The van der Waals surface area contributed by atoms with Crippen LogP contribution in [-0.4, -0.2) is 44.5 Å². The second kappa shape index (κ2) is 6.83. The Kier molecular flexibility index (Phi) is 5.11. The molecule has 0 N–H and O–H groups in total. The summed E-state index contributed by atoms with van der Waals surface area (Å²) in [5.74, 6) is 0. The van der Waals surface area contributed by atoms with Gasteiger partial charge in [-0.2, -0.15) is 0 Å². The highest BCUT2D eigenvalue weighted by Crippen LogP contribution is 2.28. The van der Waals surface area contributed by atoms with E-state index in [-0.39, 0.29) is 5.41 Å². The highest BCUT2D eigenvalue weighted by Gasteiger charge is 2.33. The molecule has 1 aliphatic heterocycles. The van der Waals surface area contributed by atoms with E-state index in [1.807, 2.05) is 6.07 Å². The molecule has 2 rings (SSSR count). The molecule has 1 heterocycles. The quantitative estimate of drug-likeness (QED) is 0.735. The maximum atomic E-state index is 11.4. The van der Waals surface area contributed by atoms with Gasteiger partial charge in [-0.1, -0.05) is 30.3 Å². The minimum Gasteiger partial charge on any atom is -0.381 e. The lowest BCUT2D eigenvalue weighted by Crippen LogP contribution is -2.41. The lowest BCUT2D eigenvalue weighted by molar-refractivity contribution is -0.122. The zero-order chi connectivity index (χ0) is 13.6. The molecule has 1 aromatic carbocycles. The van der Waals surface area contributed by atoms with Crippen LogP contribution in [0.25, 0.3) is 0 Å². The summed E-state index contributed by atoms with van der Waals surface area (Å²) in [5, 5.41) is 0. The van der Waals surface area contributed by atoms with Gasteiger partial charge in [0.25, 0.3) is 0 Å². The number of carbonyl (C=O) groups excluding carboxylic acids is 1. The van der Waals surface area contributed by atoms with Crippen LogP contribution in [0.3, 0.4) is 0 Å². The summed E-state index contributed by atoms with van der Waals surface area (Å²) in [7, 11) is 2.10. The topological polar surface area (TPSA) is 29.5 Å². The minimum atomic E-state index is -0.191. The summed E-state index contributed by atoms with van der Waals surface area (Å²) in [4.78, 5) is 13.7. The number of rotatable bonds is 6. The largest absolute Gasteiger partial charge is 0.381 e. The standard InChI is InChI=1S/C16H23NO2/c1-17(10-7-15-5-3-2-4-6-15)13-16(14-18)8-11-19-12-9-16/h2-6,14H,7-13H2,1H3. The van der Waals surface area contributed by atoms with Crippen molar-refractivity contribution in [1.29, 1.82) is 0 Å². The molecule has 104 valence electrons. The molecule has 0 bridgehead atoms. The van der Waals surface area contributed by atoms with Gasteiger partial charge in [0.05, 0.1) is 0 Å². The average Bonchev–Trinajstić information content (AvgIpc) is 2.47. The van der Waals surface area contributed by atoms with Gasteiger partial charge in [0, 0.05) is 31.7 Å². The number of benzene rings is 1. The molecule has 3 nitrogen and oxygen atoms in total. The molecule has 0 saturated carbocycles. The van der Waals surface area contributed by atoms with Crippen LogP contribution in [-0.2, 0) is 16.0 Å². The first-order valence-electron chi connectivity index (χ1n) is 7.01. The number of likely N-dealkylation sites (N-methyl/N-ethyl adjacent to an activating group) is 1. The minimum absolute atomic E-state index is 0.191. The second-order valence-corrected chi connectivity index (χ2v) is 5.57. The number of carbonyl (C=O) groups is 1. The van der Waals surface area contributed by atoms with Crippen molar-refractivity contribution in [2.24, 2.45) is 5.41 Å². The van der Waals surface area contributed by atoms with Crippen LogP contribution in [0, 0.1) is 5.41 Å². The van der Waals surface area contributed by atoms with Crippen molar-refractivity contribution in [3.05, 3.63) is 35.9 Å². The van der Waals surface area contributed by atoms with E-state index in [0.717, 1.165) is 38.6 Å². The van der Waals surface area contributed by atoms with Gasteiger partial charge in [-0.3, -0.25) is 0 Å². The maximum Gasteiger partial charge on any atom is 0.127 e. The number of hydrogen-bond donors (Lipinski definition) is 0. The number of aldehydes is 1. The van der Waals surface area contributed by atoms with Gasteiger partial charge in [-0.15, -0.1) is 0 Å². The molecule has 19 heavy (non-hydrogen) atoms. The van der Waals surface area contributed by atoms with Crippen molar-refractivity contribution in [1.82, 2.24) is 4.90 Å². The SMILES string of the molecule is CN(CCc1ccccc1)CC1(C=O)CCOCC1. The predicted molar refractivity (Wildman–Crippen MR) is 76.2 cm³/mol. The molecule has 0 unspecified atom stereocenters. The summed E-state index contributed by atoms with van der Waals surface area (Å²) >= 11 is 0. The molecule has 0 atom stereocenters. The summed E-state index contributed by atoms with van der Waals surface area (Å²) in [6, 6.07) is 10.5. The van der Waals surface area contributed by atoms with Crippen molar-refractivity contribution in [3.8, 4) is 0 Å². The van der Waals surface area contributed by atoms with Gasteiger partial charge in [0.15, 0.2) is 0 Å². The molecule has 1 saturated heterocycles. The Morgan fingerprint density at radius 2 is 1.95 bits per heavy atom. The van der Waals surface area contributed by atoms with E-state index in [1.54, 1.807) is 0 Å². The molecule has 3 heteroatoms. The Balaban J connectivity index is 1.82. The molecule has 0 radical (unpaired) electrons. The molecular formula is C16H23NO2. The van der Waals surface area contributed by atoms with E-state index < -0.39 is 0 Å². The Hall–Kier alpha value is -1.19. The molecule has 0 aromatic heterocycles. The Bertz CT molecular complexity index is 385. The predicted octanol–water partition coefficient (Wildman–Crippen LogP) is 2.16. The third-order valence-electron chi connectivity index (χ3n) is 3.95. The zero-order valence-electron chi connectivity index (χ0n) is 11.7. The van der Waals surface area contributed by atoms with Gasteiger partial charge < -0.3 is 14.4 Å². The lowest BCUT2D eigenvalue weighted by Gasteiger charge is -2.35. The fourth-order valence-electron chi connectivity index (χ4n) is 2.67. The van der Waals surface area contributed by atoms with Crippen LogP contribution in [0.5, 0.6) is 0 Å². The Morgan fingerprint density at radius 3 is 2.58 bits per heavy atom. The first kappa shape index (κ1) is 14.2. The average molecular weight is 261 g/mol. The Labute approximate surface area is 115 Å². The first-order chi connectivity index (χ1) is 9.24.